The van der Waals surface area contributed by atoms with E-state index in [0.717, 1.165) is 16.2 Å². The molecule has 90 valence electrons. The van der Waals surface area contributed by atoms with Crippen LogP contribution in [-0.4, -0.2) is 8.42 Å². The van der Waals surface area contributed by atoms with Crippen LogP contribution in [0.4, 0.5) is 0 Å². The summed E-state index contributed by atoms with van der Waals surface area (Å²) in [7, 11) is -3.70. The Labute approximate surface area is 105 Å². The van der Waals surface area contributed by atoms with Crippen molar-refractivity contribution in [2.75, 3.05) is 0 Å². The molecule has 2 N–H and O–H groups in total. The zero-order valence-electron chi connectivity index (χ0n) is 9.50. The lowest BCUT2D eigenvalue weighted by atomic mass is 10.0. The number of hydrogen-bond donors (Lipinski definition) is 1. The van der Waals surface area contributed by atoms with Crippen LogP contribution in [-0.2, 0) is 10.0 Å². The van der Waals surface area contributed by atoms with Gasteiger partial charge in [-0.05, 0) is 34.4 Å². The number of fused-ring (bicyclic) bond motifs is 2. The molecule has 0 amide bonds. The van der Waals surface area contributed by atoms with Crippen molar-refractivity contribution in [3.05, 3.63) is 54.6 Å². The highest BCUT2D eigenvalue weighted by atomic mass is 32.2. The largest absolute Gasteiger partial charge is 0.238 e. The van der Waals surface area contributed by atoms with Crippen molar-refractivity contribution in [3.8, 4) is 0 Å². The van der Waals surface area contributed by atoms with Crippen LogP contribution in [0.1, 0.15) is 0 Å². The molecule has 0 aliphatic carbocycles. The first-order chi connectivity index (χ1) is 8.55. The van der Waals surface area contributed by atoms with Crippen molar-refractivity contribution in [1.29, 1.82) is 0 Å². The summed E-state index contributed by atoms with van der Waals surface area (Å²) in [5.41, 5.74) is 0. The minimum Gasteiger partial charge on any atom is -0.225 e. The molecule has 0 fully saturated rings. The Morgan fingerprint density at radius 2 is 1.39 bits per heavy atom. The zero-order chi connectivity index (χ0) is 12.8. The monoisotopic (exact) mass is 257 g/mol. The Kier molecular flexibility index (Phi) is 2.36. The second kappa shape index (κ2) is 3.80. The Bertz CT molecular complexity index is 854. The average molecular weight is 257 g/mol. The van der Waals surface area contributed by atoms with Gasteiger partial charge in [-0.25, -0.2) is 13.6 Å². The molecule has 0 radical (unpaired) electrons. The summed E-state index contributed by atoms with van der Waals surface area (Å²) in [5.74, 6) is 0. The molecule has 18 heavy (non-hydrogen) atoms. The standard InChI is InChI=1S/C14H11NO2S/c15-18(16,17)14-7-3-6-12-8-10-4-1-2-5-11(10)9-13(12)14/h1-9H,(H2,15,16,17). The molecule has 0 spiro atoms. The molecule has 0 aromatic heterocycles. The summed E-state index contributed by atoms with van der Waals surface area (Å²) in [5, 5.41) is 8.86. The first kappa shape index (κ1) is 11.2. The summed E-state index contributed by atoms with van der Waals surface area (Å²) >= 11 is 0. The Morgan fingerprint density at radius 3 is 2.06 bits per heavy atom. The van der Waals surface area contributed by atoms with Crippen molar-refractivity contribution >= 4 is 31.6 Å². The predicted octanol–water partition coefficient (Wildman–Crippen LogP) is 2.64. The van der Waals surface area contributed by atoms with Gasteiger partial charge in [0.25, 0.3) is 0 Å². The molecule has 3 aromatic carbocycles. The molecule has 0 aliphatic heterocycles. The van der Waals surface area contributed by atoms with Crippen LogP contribution in [0.3, 0.4) is 0 Å². The van der Waals surface area contributed by atoms with Crippen molar-refractivity contribution in [3.63, 3.8) is 0 Å². The highest BCUT2D eigenvalue weighted by molar-refractivity contribution is 7.89. The fourth-order valence-corrected chi connectivity index (χ4v) is 2.94. The minimum absolute atomic E-state index is 0.172. The van der Waals surface area contributed by atoms with Gasteiger partial charge in [0.1, 0.15) is 0 Å². The average Bonchev–Trinajstić information content (AvgIpc) is 2.34. The maximum absolute atomic E-state index is 11.6. The van der Waals surface area contributed by atoms with Gasteiger partial charge >= 0.3 is 0 Å². The first-order valence-corrected chi connectivity index (χ1v) is 7.05. The second-order valence-electron chi connectivity index (χ2n) is 4.22. The highest BCUT2D eigenvalue weighted by Crippen LogP contribution is 2.27. The summed E-state index contributed by atoms with van der Waals surface area (Å²) in [6, 6.07) is 16.8. The van der Waals surface area contributed by atoms with E-state index in [2.05, 4.69) is 0 Å². The molecular formula is C14H11NO2S. The van der Waals surface area contributed by atoms with Crippen LogP contribution in [0.2, 0.25) is 0 Å². The van der Waals surface area contributed by atoms with Gasteiger partial charge in [0, 0.05) is 5.39 Å². The molecule has 0 bridgehead atoms. The van der Waals surface area contributed by atoms with Crippen LogP contribution in [0.15, 0.2) is 59.5 Å². The van der Waals surface area contributed by atoms with Crippen molar-refractivity contribution in [1.82, 2.24) is 0 Å². The van der Waals surface area contributed by atoms with E-state index in [1.165, 1.54) is 6.07 Å². The van der Waals surface area contributed by atoms with E-state index < -0.39 is 10.0 Å². The Hall–Kier alpha value is -1.91. The van der Waals surface area contributed by atoms with Crippen LogP contribution < -0.4 is 5.14 Å². The quantitative estimate of drug-likeness (QED) is 0.681. The Balaban J connectivity index is 2.51. The van der Waals surface area contributed by atoms with E-state index in [1.54, 1.807) is 6.07 Å². The van der Waals surface area contributed by atoms with Crippen LogP contribution in [0.25, 0.3) is 21.5 Å². The third-order valence-corrected chi connectivity index (χ3v) is 3.98. The lowest BCUT2D eigenvalue weighted by molar-refractivity contribution is 0.598. The molecule has 0 saturated heterocycles. The maximum atomic E-state index is 11.6. The van der Waals surface area contributed by atoms with Crippen molar-refractivity contribution < 1.29 is 8.42 Å². The fourth-order valence-electron chi connectivity index (χ4n) is 2.19. The lowest BCUT2D eigenvalue weighted by Gasteiger charge is -2.06. The first-order valence-electron chi connectivity index (χ1n) is 5.50. The van der Waals surface area contributed by atoms with E-state index in [9.17, 15) is 8.42 Å². The van der Waals surface area contributed by atoms with Gasteiger partial charge in [-0.3, -0.25) is 0 Å². The van der Waals surface area contributed by atoms with Crippen LogP contribution in [0.5, 0.6) is 0 Å². The SMILES string of the molecule is NS(=O)(=O)c1cccc2cc3ccccc3cc12. The number of rotatable bonds is 1. The van der Waals surface area contributed by atoms with Crippen molar-refractivity contribution in [2.24, 2.45) is 5.14 Å². The molecular weight excluding hydrogens is 246 g/mol. The third kappa shape index (κ3) is 1.75. The predicted molar refractivity (Wildman–Crippen MR) is 72.8 cm³/mol. The van der Waals surface area contributed by atoms with Gasteiger partial charge < -0.3 is 0 Å². The van der Waals surface area contributed by atoms with Gasteiger partial charge in [0.05, 0.1) is 4.90 Å². The number of hydrogen-bond acceptors (Lipinski definition) is 2. The molecule has 0 saturated carbocycles. The van der Waals surface area contributed by atoms with Crippen LogP contribution in [0, 0.1) is 0 Å². The number of nitrogens with two attached hydrogens (primary N) is 1. The number of primary sulfonamides is 1. The molecule has 0 atom stereocenters. The van der Waals surface area contributed by atoms with Crippen LogP contribution >= 0.6 is 0 Å². The zero-order valence-corrected chi connectivity index (χ0v) is 10.3. The summed E-state index contributed by atoms with van der Waals surface area (Å²) < 4.78 is 23.1. The van der Waals surface area contributed by atoms with Gasteiger partial charge in [-0.15, -0.1) is 0 Å². The Morgan fingerprint density at radius 1 is 0.778 bits per heavy atom. The van der Waals surface area contributed by atoms with Gasteiger partial charge in [0.2, 0.25) is 10.0 Å². The summed E-state index contributed by atoms with van der Waals surface area (Å²) in [6.07, 6.45) is 0. The van der Waals surface area contributed by atoms with Gasteiger partial charge in [-0.2, -0.15) is 0 Å². The second-order valence-corrected chi connectivity index (χ2v) is 5.75. The molecule has 3 aromatic rings. The normalized spacial score (nSPS) is 12.1. The number of benzene rings is 3. The lowest BCUT2D eigenvalue weighted by Crippen LogP contribution is -2.12. The molecule has 3 rings (SSSR count). The molecule has 0 unspecified atom stereocenters. The number of sulfonamides is 1. The topological polar surface area (TPSA) is 60.2 Å². The smallest absolute Gasteiger partial charge is 0.225 e. The molecule has 0 heterocycles. The summed E-state index contributed by atoms with van der Waals surface area (Å²) in [6.45, 7) is 0. The minimum atomic E-state index is -3.70. The van der Waals surface area contributed by atoms with Crippen molar-refractivity contribution in [2.45, 2.75) is 4.90 Å². The van der Waals surface area contributed by atoms with E-state index in [1.807, 2.05) is 42.5 Å². The van der Waals surface area contributed by atoms with E-state index >= 15 is 0 Å². The molecule has 4 heteroatoms. The maximum Gasteiger partial charge on any atom is 0.238 e. The highest BCUT2D eigenvalue weighted by Gasteiger charge is 2.12. The fraction of sp³-hybridized carbons (Fsp3) is 0. The third-order valence-electron chi connectivity index (χ3n) is 3.01. The van der Waals surface area contributed by atoms with Gasteiger partial charge in [0.15, 0.2) is 0 Å². The van der Waals surface area contributed by atoms with E-state index in [-0.39, 0.29) is 4.90 Å². The van der Waals surface area contributed by atoms with E-state index in [0.29, 0.717) is 5.39 Å². The van der Waals surface area contributed by atoms with Gasteiger partial charge in [-0.1, -0.05) is 36.4 Å². The molecule has 0 aliphatic rings. The summed E-state index contributed by atoms with van der Waals surface area (Å²) in [4.78, 5) is 0.172. The molecule has 3 nitrogen and oxygen atoms in total. The van der Waals surface area contributed by atoms with E-state index in [4.69, 9.17) is 5.14 Å².